The monoisotopic (exact) mass is 304 g/mol. The number of nitrogens with zero attached hydrogens (tertiary/aromatic N) is 1. The molecule has 0 saturated carbocycles. The molecule has 2 aromatic rings. The molecule has 0 radical (unpaired) electrons. The number of nitro groups is 1. The molecule has 0 aliphatic carbocycles. The standard InChI is InChI=1S/C16H17ClN2O2/c1-11-14(4-3-5-16(11)19(20)21)10-18-12(2)13-6-8-15(17)9-7-13/h3-9,12,18H,10H2,1-2H3. The Hall–Kier alpha value is -1.91. The SMILES string of the molecule is Cc1c(CNC(C)c2ccc(Cl)cc2)cccc1[N+](=O)[O-]. The molecule has 2 rings (SSSR count). The summed E-state index contributed by atoms with van der Waals surface area (Å²) in [5.41, 5.74) is 2.93. The predicted octanol–water partition coefficient (Wildman–Crippen LogP) is 4.41. The van der Waals surface area contributed by atoms with Gasteiger partial charge in [-0.15, -0.1) is 0 Å². The Morgan fingerprint density at radius 2 is 1.90 bits per heavy atom. The molecular weight excluding hydrogens is 288 g/mol. The molecule has 1 N–H and O–H groups in total. The van der Waals surface area contributed by atoms with Crippen molar-refractivity contribution in [1.29, 1.82) is 0 Å². The van der Waals surface area contributed by atoms with Crippen molar-refractivity contribution in [2.75, 3.05) is 0 Å². The maximum absolute atomic E-state index is 10.9. The number of nitro benzene ring substituents is 1. The van der Waals surface area contributed by atoms with Gasteiger partial charge >= 0.3 is 0 Å². The molecule has 2 aromatic carbocycles. The lowest BCUT2D eigenvalue weighted by molar-refractivity contribution is -0.385. The molecule has 0 aliphatic heterocycles. The molecule has 0 aromatic heterocycles. The van der Waals surface area contributed by atoms with E-state index in [-0.39, 0.29) is 16.7 Å². The zero-order chi connectivity index (χ0) is 15.4. The van der Waals surface area contributed by atoms with Crippen LogP contribution in [0.3, 0.4) is 0 Å². The summed E-state index contributed by atoms with van der Waals surface area (Å²) >= 11 is 5.87. The van der Waals surface area contributed by atoms with Crippen LogP contribution in [0.5, 0.6) is 0 Å². The Morgan fingerprint density at radius 3 is 2.52 bits per heavy atom. The third-order valence-corrected chi connectivity index (χ3v) is 3.83. The van der Waals surface area contributed by atoms with E-state index < -0.39 is 0 Å². The fourth-order valence-electron chi connectivity index (χ4n) is 2.19. The van der Waals surface area contributed by atoms with E-state index >= 15 is 0 Å². The van der Waals surface area contributed by atoms with Gasteiger partial charge in [-0.2, -0.15) is 0 Å². The van der Waals surface area contributed by atoms with Crippen molar-refractivity contribution >= 4 is 17.3 Å². The van der Waals surface area contributed by atoms with Crippen LogP contribution in [-0.2, 0) is 6.54 Å². The molecule has 0 bridgehead atoms. The lowest BCUT2D eigenvalue weighted by Gasteiger charge is -2.15. The lowest BCUT2D eigenvalue weighted by atomic mass is 10.1. The van der Waals surface area contributed by atoms with E-state index in [4.69, 9.17) is 11.6 Å². The largest absolute Gasteiger partial charge is 0.306 e. The van der Waals surface area contributed by atoms with Crippen LogP contribution in [0.15, 0.2) is 42.5 Å². The van der Waals surface area contributed by atoms with E-state index in [9.17, 15) is 10.1 Å². The molecule has 0 spiro atoms. The van der Waals surface area contributed by atoms with Crippen LogP contribution >= 0.6 is 11.6 Å². The zero-order valence-electron chi connectivity index (χ0n) is 12.0. The minimum atomic E-state index is -0.346. The molecule has 0 fully saturated rings. The van der Waals surface area contributed by atoms with Crippen molar-refractivity contribution in [3.8, 4) is 0 Å². The zero-order valence-corrected chi connectivity index (χ0v) is 12.7. The van der Waals surface area contributed by atoms with Crippen LogP contribution in [0.2, 0.25) is 5.02 Å². The van der Waals surface area contributed by atoms with Crippen LogP contribution in [-0.4, -0.2) is 4.92 Å². The summed E-state index contributed by atoms with van der Waals surface area (Å²) in [7, 11) is 0. The normalized spacial score (nSPS) is 12.1. The highest BCUT2D eigenvalue weighted by Gasteiger charge is 2.13. The van der Waals surface area contributed by atoms with Crippen molar-refractivity contribution in [2.24, 2.45) is 0 Å². The molecule has 0 saturated heterocycles. The Kier molecular flexibility index (Phi) is 4.94. The number of hydrogen-bond donors (Lipinski definition) is 1. The topological polar surface area (TPSA) is 55.2 Å². The maximum atomic E-state index is 10.9. The quantitative estimate of drug-likeness (QED) is 0.657. The second-order valence-electron chi connectivity index (χ2n) is 4.97. The van der Waals surface area contributed by atoms with Gasteiger partial charge in [0.25, 0.3) is 5.69 Å². The second kappa shape index (κ2) is 6.70. The van der Waals surface area contributed by atoms with E-state index in [0.29, 0.717) is 17.1 Å². The van der Waals surface area contributed by atoms with Crippen molar-refractivity contribution in [3.63, 3.8) is 0 Å². The van der Waals surface area contributed by atoms with E-state index in [1.807, 2.05) is 30.3 Å². The highest BCUT2D eigenvalue weighted by molar-refractivity contribution is 6.30. The number of halogens is 1. The van der Waals surface area contributed by atoms with Gasteiger partial charge < -0.3 is 5.32 Å². The smallest absolute Gasteiger partial charge is 0.272 e. The highest BCUT2D eigenvalue weighted by atomic mass is 35.5. The lowest BCUT2D eigenvalue weighted by Crippen LogP contribution is -2.18. The van der Waals surface area contributed by atoms with Crippen LogP contribution in [0.25, 0.3) is 0 Å². The minimum absolute atomic E-state index is 0.140. The van der Waals surface area contributed by atoms with Gasteiger partial charge in [0.2, 0.25) is 0 Å². The Balaban J connectivity index is 2.08. The van der Waals surface area contributed by atoms with Gasteiger partial charge in [-0.05, 0) is 37.1 Å². The molecule has 0 heterocycles. The third kappa shape index (κ3) is 3.80. The molecule has 5 heteroatoms. The van der Waals surface area contributed by atoms with E-state index in [0.717, 1.165) is 11.1 Å². The fraction of sp³-hybridized carbons (Fsp3) is 0.250. The van der Waals surface area contributed by atoms with Gasteiger partial charge in [-0.25, -0.2) is 0 Å². The molecule has 21 heavy (non-hydrogen) atoms. The first-order valence-electron chi connectivity index (χ1n) is 6.70. The van der Waals surface area contributed by atoms with Crippen molar-refractivity contribution in [3.05, 3.63) is 74.3 Å². The van der Waals surface area contributed by atoms with Gasteiger partial charge in [-0.1, -0.05) is 35.9 Å². The molecule has 4 nitrogen and oxygen atoms in total. The summed E-state index contributed by atoms with van der Waals surface area (Å²) < 4.78 is 0. The summed E-state index contributed by atoms with van der Waals surface area (Å²) in [4.78, 5) is 10.6. The molecule has 1 unspecified atom stereocenters. The average Bonchev–Trinajstić information content (AvgIpc) is 2.46. The van der Waals surface area contributed by atoms with Crippen molar-refractivity contribution in [1.82, 2.24) is 5.32 Å². The minimum Gasteiger partial charge on any atom is -0.306 e. The second-order valence-corrected chi connectivity index (χ2v) is 5.41. The van der Waals surface area contributed by atoms with Crippen LogP contribution in [0.1, 0.15) is 29.7 Å². The fourth-order valence-corrected chi connectivity index (χ4v) is 2.32. The van der Waals surface area contributed by atoms with Gasteiger partial charge in [0, 0.05) is 29.2 Å². The number of benzene rings is 2. The molecule has 110 valence electrons. The molecule has 0 aliphatic rings. The van der Waals surface area contributed by atoms with Crippen molar-refractivity contribution in [2.45, 2.75) is 26.4 Å². The van der Waals surface area contributed by atoms with E-state index in [1.165, 1.54) is 6.07 Å². The molecular formula is C16H17ClN2O2. The summed E-state index contributed by atoms with van der Waals surface area (Å²) in [6, 6.07) is 12.9. The van der Waals surface area contributed by atoms with E-state index in [2.05, 4.69) is 12.2 Å². The van der Waals surface area contributed by atoms with E-state index in [1.54, 1.807) is 13.0 Å². The summed E-state index contributed by atoms with van der Waals surface area (Å²) in [5.74, 6) is 0. The maximum Gasteiger partial charge on any atom is 0.272 e. The molecule has 1 atom stereocenters. The Bertz CT molecular complexity index is 641. The Morgan fingerprint density at radius 1 is 1.24 bits per heavy atom. The van der Waals surface area contributed by atoms with Gasteiger partial charge in [0.05, 0.1) is 4.92 Å². The first-order valence-corrected chi connectivity index (χ1v) is 7.08. The average molecular weight is 305 g/mol. The van der Waals surface area contributed by atoms with Crippen LogP contribution < -0.4 is 5.32 Å². The third-order valence-electron chi connectivity index (χ3n) is 3.58. The number of rotatable bonds is 5. The van der Waals surface area contributed by atoms with Crippen molar-refractivity contribution < 1.29 is 4.92 Å². The number of nitrogens with one attached hydrogen (secondary N) is 1. The van der Waals surface area contributed by atoms with Gasteiger partial charge in [0.1, 0.15) is 0 Å². The predicted molar refractivity (Wildman–Crippen MR) is 84.5 cm³/mol. The van der Waals surface area contributed by atoms with Crippen LogP contribution in [0.4, 0.5) is 5.69 Å². The number of hydrogen-bond acceptors (Lipinski definition) is 3. The summed E-state index contributed by atoms with van der Waals surface area (Å²) in [5, 5.41) is 15.0. The Labute approximate surface area is 128 Å². The molecule has 0 amide bonds. The highest BCUT2D eigenvalue weighted by Crippen LogP contribution is 2.22. The first kappa shape index (κ1) is 15.5. The summed E-state index contributed by atoms with van der Waals surface area (Å²) in [6.45, 7) is 4.41. The van der Waals surface area contributed by atoms with Gasteiger partial charge in [0.15, 0.2) is 0 Å². The van der Waals surface area contributed by atoms with Crippen LogP contribution in [0, 0.1) is 17.0 Å². The first-order chi connectivity index (χ1) is 9.99. The summed E-state index contributed by atoms with van der Waals surface area (Å²) in [6.07, 6.45) is 0. The van der Waals surface area contributed by atoms with Gasteiger partial charge in [-0.3, -0.25) is 10.1 Å².